The van der Waals surface area contributed by atoms with Crippen molar-refractivity contribution in [1.82, 2.24) is 0 Å². The Labute approximate surface area is 97.1 Å². The molecule has 1 aliphatic rings. The molecule has 0 spiro atoms. The van der Waals surface area contributed by atoms with Crippen LogP contribution >= 0.6 is 0 Å². The van der Waals surface area contributed by atoms with Crippen molar-refractivity contribution in [2.45, 2.75) is 34.1 Å². The molecule has 2 nitrogen and oxygen atoms in total. The number of carbonyl (C=O) groups is 1. The number of hydrogen-bond acceptors (Lipinski definition) is 1. The van der Waals surface area contributed by atoms with Gasteiger partial charge in [0.1, 0.15) is 0 Å². The largest absolute Gasteiger partial charge is 0.325 e. The van der Waals surface area contributed by atoms with Crippen LogP contribution in [0.25, 0.3) is 0 Å². The predicted molar refractivity (Wildman–Crippen MR) is 66.6 cm³/mol. The molecule has 1 aromatic carbocycles. The van der Waals surface area contributed by atoms with Gasteiger partial charge in [-0.05, 0) is 44.2 Å². The second-order valence-corrected chi connectivity index (χ2v) is 5.08. The molecule has 86 valence electrons. The maximum absolute atomic E-state index is 11.9. The average molecular weight is 217 g/mol. The Morgan fingerprint density at radius 1 is 1.25 bits per heavy atom. The molecule has 2 unspecified atom stereocenters. The Bertz CT molecular complexity index is 413. The summed E-state index contributed by atoms with van der Waals surface area (Å²) in [6.07, 6.45) is 1.04. The molecule has 0 aliphatic heterocycles. The third kappa shape index (κ3) is 2.11. The number of aryl methyl sites for hydroxylation is 3. The monoisotopic (exact) mass is 217 g/mol. The first kappa shape index (κ1) is 11.2. The van der Waals surface area contributed by atoms with Gasteiger partial charge in [0.15, 0.2) is 0 Å². The molecule has 1 fully saturated rings. The number of amides is 1. The molecule has 2 rings (SSSR count). The van der Waals surface area contributed by atoms with E-state index >= 15 is 0 Å². The van der Waals surface area contributed by atoms with E-state index in [0.717, 1.165) is 23.2 Å². The maximum atomic E-state index is 11.9. The molecule has 0 radical (unpaired) electrons. The van der Waals surface area contributed by atoms with Crippen LogP contribution in [-0.4, -0.2) is 5.91 Å². The molecular weight excluding hydrogens is 198 g/mol. The van der Waals surface area contributed by atoms with Crippen LogP contribution in [0.1, 0.15) is 30.0 Å². The number of rotatable bonds is 2. The maximum Gasteiger partial charge on any atom is 0.227 e. The highest BCUT2D eigenvalue weighted by Crippen LogP contribution is 2.39. The van der Waals surface area contributed by atoms with E-state index in [2.05, 4.69) is 31.3 Å². The van der Waals surface area contributed by atoms with Gasteiger partial charge in [0, 0.05) is 11.6 Å². The third-order valence-corrected chi connectivity index (χ3v) is 3.37. The average Bonchev–Trinajstić information content (AvgIpc) is 2.88. The van der Waals surface area contributed by atoms with Crippen LogP contribution in [-0.2, 0) is 4.79 Å². The second kappa shape index (κ2) is 3.93. The van der Waals surface area contributed by atoms with Crippen LogP contribution in [0.15, 0.2) is 12.1 Å². The Morgan fingerprint density at radius 2 is 1.75 bits per heavy atom. The van der Waals surface area contributed by atoms with Crippen molar-refractivity contribution in [3.05, 3.63) is 28.8 Å². The van der Waals surface area contributed by atoms with Gasteiger partial charge in [0.25, 0.3) is 0 Å². The van der Waals surface area contributed by atoms with Crippen molar-refractivity contribution in [2.24, 2.45) is 11.8 Å². The molecule has 1 amide bonds. The van der Waals surface area contributed by atoms with Gasteiger partial charge < -0.3 is 5.32 Å². The van der Waals surface area contributed by atoms with Crippen molar-refractivity contribution >= 4 is 11.6 Å². The van der Waals surface area contributed by atoms with E-state index in [1.54, 1.807) is 0 Å². The zero-order valence-corrected chi connectivity index (χ0v) is 10.4. The summed E-state index contributed by atoms with van der Waals surface area (Å²) in [5.41, 5.74) is 4.54. The molecule has 0 saturated heterocycles. The van der Waals surface area contributed by atoms with Gasteiger partial charge in [0.2, 0.25) is 5.91 Å². The van der Waals surface area contributed by atoms with E-state index in [4.69, 9.17) is 0 Å². The van der Waals surface area contributed by atoms with Gasteiger partial charge in [-0.15, -0.1) is 0 Å². The number of nitrogens with one attached hydrogen (secondary N) is 1. The van der Waals surface area contributed by atoms with Crippen LogP contribution < -0.4 is 5.32 Å². The fraction of sp³-hybridized carbons (Fsp3) is 0.500. The molecule has 16 heavy (non-hydrogen) atoms. The van der Waals surface area contributed by atoms with Gasteiger partial charge >= 0.3 is 0 Å². The summed E-state index contributed by atoms with van der Waals surface area (Å²) in [5.74, 6) is 0.980. The van der Waals surface area contributed by atoms with Gasteiger partial charge in [-0.2, -0.15) is 0 Å². The highest BCUT2D eigenvalue weighted by atomic mass is 16.2. The first-order valence-electron chi connectivity index (χ1n) is 5.87. The first-order chi connectivity index (χ1) is 7.49. The molecule has 1 saturated carbocycles. The van der Waals surface area contributed by atoms with E-state index in [1.165, 1.54) is 5.56 Å². The van der Waals surface area contributed by atoms with Crippen LogP contribution in [0.2, 0.25) is 0 Å². The standard InChI is InChI=1S/C14H19NO/c1-8-5-10(3)13(11(4)6-8)15-14(16)12-7-9(12)2/h5-6,9,12H,7H2,1-4H3,(H,15,16). The molecular formula is C14H19NO. The molecule has 0 heterocycles. The normalized spacial score (nSPS) is 23.0. The Morgan fingerprint density at radius 3 is 2.19 bits per heavy atom. The second-order valence-electron chi connectivity index (χ2n) is 5.08. The van der Waals surface area contributed by atoms with Crippen molar-refractivity contribution in [3.63, 3.8) is 0 Å². The highest BCUT2D eigenvalue weighted by Gasteiger charge is 2.39. The summed E-state index contributed by atoms with van der Waals surface area (Å²) < 4.78 is 0. The van der Waals surface area contributed by atoms with E-state index in [-0.39, 0.29) is 11.8 Å². The number of benzene rings is 1. The van der Waals surface area contributed by atoms with Crippen molar-refractivity contribution in [1.29, 1.82) is 0 Å². The highest BCUT2D eigenvalue weighted by molar-refractivity contribution is 5.95. The summed E-state index contributed by atoms with van der Waals surface area (Å²) in [5, 5.41) is 3.06. The lowest BCUT2D eigenvalue weighted by molar-refractivity contribution is -0.117. The summed E-state index contributed by atoms with van der Waals surface area (Å²) in [4.78, 5) is 11.9. The van der Waals surface area contributed by atoms with E-state index in [0.29, 0.717) is 5.92 Å². The fourth-order valence-electron chi connectivity index (χ4n) is 2.28. The minimum atomic E-state index is 0.183. The Kier molecular flexibility index (Phi) is 2.75. The van der Waals surface area contributed by atoms with Crippen LogP contribution in [0.4, 0.5) is 5.69 Å². The summed E-state index contributed by atoms with van der Waals surface area (Å²) in [7, 11) is 0. The van der Waals surface area contributed by atoms with Crippen molar-refractivity contribution < 1.29 is 4.79 Å². The first-order valence-corrected chi connectivity index (χ1v) is 5.87. The molecule has 1 aliphatic carbocycles. The zero-order valence-electron chi connectivity index (χ0n) is 10.4. The van der Waals surface area contributed by atoms with Gasteiger partial charge in [-0.1, -0.05) is 24.6 Å². The molecule has 0 aromatic heterocycles. The molecule has 1 N–H and O–H groups in total. The molecule has 1 aromatic rings. The quantitative estimate of drug-likeness (QED) is 0.809. The van der Waals surface area contributed by atoms with E-state index in [1.807, 2.05) is 13.8 Å². The van der Waals surface area contributed by atoms with Crippen molar-refractivity contribution in [2.75, 3.05) is 5.32 Å². The zero-order chi connectivity index (χ0) is 11.9. The SMILES string of the molecule is Cc1cc(C)c(NC(=O)C2CC2C)c(C)c1. The fourth-order valence-corrected chi connectivity index (χ4v) is 2.28. The summed E-state index contributed by atoms with van der Waals surface area (Å²) in [6, 6.07) is 4.22. The minimum absolute atomic E-state index is 0.183. The molecule has 2 atom stereocenters. The number of carbonyl (C=O) groups excluding carboxylic acids is 1. The lowest BCUT2D eigenvalue weighted by Gasteiger charge is -2.12. The van der Waals surface area contributed by atoms with Gasteiger partial charge in [0.05, 0.1) is 0 Å². The van der Waals surface area contributed by atoms with Gasteiger partial charge in [-0.25, -0.2) is 0 Å². The van der Waals surface area contributed by atoms with Crippen molar-refractivity contribution in [3.8, 4) is 0 Å². The number of hydrogen-bond donors (Lipinski definition) is 1. The van der Waals surface area contributed by atoms with Crippen LogP contribution in [0.5, 0.6) is 0 Å². The minimum Gasteiger partial charge on any atom is -0.325 e. The van der Waals surface area contributed by atoms with E-state index in [9.17, 15) is 4.79 Å². The lowest BCUT2D eigenvalue weighted by Crippen LogP contribution is -2.16. The third-order valence-electron chi connectivity index (χ3n) is 3.37. The van der Waals surface area contributed by atoms with Crippen LogP contribution in [0, 0.1) is 32.6 Å². The van der Waals surface area contributed by atoms with Gasteiger partial charge in [-0.3, -0.25) is 4.79 Å². The molecule has 2 heteroatoms. The van der Waals surface area contributed by atoms with E-state index < -0.39 is 0 Å². The Balaban J connectivity index is 2.18. The summed E-state index contributed by atoms with van der Waals surface area (Å²) in [6.45, 7) is 8.30. The smallest absolute Gasteiger partial charge is 0.227 e. The van der Waals surface area contributed by atoms with Crippen LogP contribution in [0.3, 0.4) is 0 Å². The predicted octanol–water partition coefficient (Wildman–Crippen LogP) is 3.21. The Hall–Kier alpha value is -1.31. The number of anilines is 1. The topological polar surface area (TPSA) is 29.1 Å². The lowest BCUT2D eigenvalue weighted by atomic mass is 10.0. The molecule has 0 bridgehead atoms. The summed E-state index contributed by atoms with van der Waals surface area (Å²) >= 11 is 0.